The number of nitro benzene ring substituents is 1. The Kier molecular flexibility index (Phi) is 7.30. The normalized spacial score (nSPS) is 10.1. The van der Waals surface area contributed by atoms with Gasteiger partial charge >= 0.3 is 0 Å². The first-order chi connectivity index (χ1) is 12.9. The molecule has 0 aliphatic rings. The minimum absolute atomic E-state index is 0.123. The molecule has 9 heteroatoms. The van der Waals surface area contributed by atoms with Gasteiger partial charge in [-0.25, -0.2) is 0 Å². The van der Waals surface area contributed by atoms with E-state index in [1.807, 2.05) is 0 Å². The number of hydrogen-bond acceptors (Lipinski definition) is 5. The summed E-state index contributed by atoms with van der Waals surface area (Å²) < 4.78 is 6.23. The fraction of sp³-hybridized carbons (Fsp3) is 0.222. The summed E-state index contributed by atoms with van der Waals surface area (Å²) in [6.45, 7) is 2.66. The number of ether oxygens (including phenoxy) is 1. The van der Waals surface area contributed by atoms with E-state index in [4.69, 9.17) is 4.74 Å². The van der Waals surface area contributed by atoms with Crippen LogP contribution in [0, 0.1) is 10.1 Å². The molecule has 0 aromatic heterocycles. The Bertz CT molecular complexity index is 839. The van der Waals surface area contributed by atoms with E-state index in [1.54, 1.807) is 18.2 Å². The van der Waals surface area contributed by atoms with Crippen molar-refractivity contribution in [2.45, 2.75) is 19.8 Å². The van der Waals surface area contributed by atoms with Crippen LogP contribution in [0.25, 0.3) is 0 Å². The largest absolute Gasteiger partial charge is 0.492 e. The Morgan fingerprint density at radius 1 is 1.07 bits per heavy atom. The number of halogens is 1. The molecule has 0 aliphatic carbocycles. The minimum Gasteiger partial charge on any atom is -0.492 e. The van der Waals surface area contributed by atoms with Crippen LogP contribution in [-0.2, 0) is 0 Å². The van der Waals surface area contributed by atoms with Gasteiger partial charge in [-0.2, -0.15) is 0 Å². The summed E-state index contributed by atoms with van der Waals surface area (Å²) in [5.74, 6) is -0.460. The number of amides is 2. The highest BCUT2D eigenvalue weighted by molar-refractivity contribution is 9.10. The average molecular weight is 436 g/mol. The van der Waals surface area contributed by atoms with Gasteiger partial charge in [-0.3, -0.25) is 30.6 Å². The van der Waals surface area contributed by atoms with Crippen LogP contribution in [0.4, 0.5) is 5.69 Å². The van der Waals surface area contributed by atoms with E-state index in [0.29, 0.717) is 22.4 Å². The highest BCUT2D eigenvalue weighted by atomic mass is 79.9. The number of benzene rings is 2. The predicted molar refractivity (Wildman–Crippen MR) is 103 cm³/mol. The Hall–Kier alpha value is -2.94. The maximum atomic E-state index is 12.2. The fourth-order valence-electron chi connectivity index (χ4n) is 2.08. The molecule has 0 radical (unpaired) electrons. The van der Waals surface area contributed by atoms with Gasteiger partial charge in [-0.05, 0) is 52.7 Å². The van der Waals surface area contributed by atoms with Crippen molar-refractivity contribution in [3.8, 4) is 5.75 Å². The monoisotopic (exact) mass is 435 g/mol. The van der Waals surface area contributed by atoms with E-state index >= 15 is 0 Å². The lowest BCUT2D eigenvalue weighted by Crippen LogP contribution is -2.41. The second kappa shape index (κ2) is 9.67. The van der Waals surface area contributed by atoms with Crippen LogP contribution in [0.3, 0.4) is 0 Å². The molecule has 0 aliphatic heterocycles. The van der Waals surface area contributed by atoms with Crippen molar-refractivity contribution in [3.63, 3.8) is 0 Å². The third-order valence-corrected chi connectivity index (χ3v) is 4.20. The molecule has 142 valence electrons. The third kappa shape index (κ3) is 5.78. The quantitative estimate of drug-likeness (QED) is 0.392. The average Bonchev–Trinajstić information content (AvgIpc) is 2.67. The summed E-state index contributed by atoms with van der Waals surface area (Å²) in [6, 6.07) is 9.88. The van der Waals surface area contributed by atoms with E-state index in [9.17, 15) is 19.7 Å². The molecule has 27 heavy (non-hydrogen) atoms. The van der Waals surface area contributed by atoms with Crippen molar-refractivity contribution in [1.29, 1.82) is 0 Å². The Labute approximate surface area is 164 Å². The molecule has 2 aromatic rings. The van der Waals surface area contributed by atoms with E-state index in [0.717, 1.165) is 12.8 Å². The fourth-order valence-corrected chi connectivity index (χ4v) is 2.57. The molecule has 0 saturated heterocycles. The number of nitro groups is 1. The predicted octanol–water partition coefficient (Wildman–Crippen LogP) is 3.61. The highest BCUT2D eigenvalue weighted by Crippen LogP contribution is 2.26. The molecule has 0 spiro atoms. The Morgan fingerprint density at radius 2 is 1.67 bits per heavy atom. The molecule has 0 fully saturated rings. The Balaban J connectivity index is 1.93. The van der Waals surface area contributed by atoms with Crippen LogP contribution >= 0.6 is 15.9 Å². The molecular weight excluding hydrogens is 418 g/mol. The molecule has 0 heterocycles. The van der Waals surface area contributed by atoms with Gasteiger partial charge in [-0.15, -0.1) is 0 Å². The van der Waals surface area contributed by atoms with Crippen LogP contribution in [-0.4, -0.2) is 23.3 Å². The number of nitrogens with one attached hydrogen (secondary N) is 2. The van der Waals surface area contributed by atoms with Gasteiger partial charge in [0.05, 0.1) is 16.0 Å². The van der Waals surface area contributed by atoms with Gasteiger partial charge in [-0.1, -0.05) is 13.3 Å². The smallest absolute Gasteiger partial charge is 0.269 e. The molecule has 2 N–H and O–H groups in total. The van der Waals surface area contributed by atoms with Crippen molar-refractivity contribution in [3.05, 3.63) is 68.2 Å². The molecule has 0 saturated carbocycles. The molecule has 0 unspecified atom stereocenters. The summed E-state index contributed by atoms with van der Waals surface area (Å²) in [4.78, 5) is 34.2. The lowest BCUT2D eigenvalue weighted by Gasteiger charge is -2.10. The number of carbonyl (C=O) groups excluding carboxylic acids is 2. The maximum absolute atomic E-state index is 12.2. The molecule has 2 rings (SSSR count). The number of nitrogens with zero attached hydrogens (tertiary/aromatic N) is 1. The van der Waals surface area contributed by atoms with Crippen LogP contribution in [0.15, 0.2) is 46.9 Å². The number of carbonyl (C=O) groups is 2. The van der Waals surface area contributed by atoms with Gasteiger partial charge < -0.3 is 4.74 Å². The number of rotatable bonds is 7. The lowest BCUT2D eigenvalue weighted by atomic mass is 10.2. The first-order valence-corrected chi connectivity index (χ1v) is 8.99. The van der Waals surface area contributed by atoms with Crippen LogP contribution in [0.5, 0.6) is 5.75 Å². The highest BCUT2D eigenvalue weighted by Gasteiger charge is 2.12. The second-order valence-corrected chi connectivity index (χ2v) is 6.41. The van der Waals surface area contributed by atoms with Crippen molar-refractivity contribution in [1.82, 2.24) is 10.9 Å². The van der Waals surface area contributed by atoms with Crippen molar-refractivity contribution < 1.29 is 19.2 Å². The van der Waals surface area contributed by atoms with Crippen molar-refractivity contribution >= 4 is 33.4 Å². The summed E-state index contributed by atoms with van der Waals surface area (Å²) in [6.07, 6.45) is 1.95. The van der Waals surface area contributed by atoms with Gasteiger partial charge in [0, 0.05) is 23.3 Å². The number of non-ortho nitro benzene ring substituents is 1. The third-order valence-electron chi connectivity index (χ3n) is 3.58. The first-order valence-electron chi connectivity index (χ1n) is 8.20. The molecule has 0 bridgehead atoms. The Morgan fingerprint density at radius 3 is 2.22 bits per heavy atom. The topological polar surface area (TPSA) is 111 Å². The van der Waals surface area contributed by atoms with E-state index in [2.05, 4.69) is 33.7 Å². The molecular formula is C18H18BrN3O5. The van der Waals surface area contributed by atoms with Gasteiger partial charge in [0.1, 0.15) is 5.75 Å². The van der Waals surface area contributed by atoms with Gasteiger partial charge in [0.2, 0.25) is 0 Å². The van der Waals surface area contributed by atoms with Crippen molar-refractivity contribution in [2.75, 3.05) is 6.61 Å². The zero-order valence-corrected chi connectivity index (χ0v) is 16.1. The molecule has 0 atom stereocenters. The first kappa shape index (κ1) is 20.4. The molecule has 2 aromatic carbocycles. The number of unbranched alkanes of at least 4 members (excludes halogenated alkanes) is 1. The molecule has 2 amide bonds. The van der Waals surface area contributed by atoms with E-state index in [1.165, 1.54) is 24.3 Å². The van der Waals surface area contributed by atoms with E-state index < -0.39 is 16.7 Å². The van der Waals surface area contributed by atoms with Crippen LogP contribution in [0.2, 0.25) is 0 Å². The zero-order valence-electron chi connectivity index (χ0n) is 14.5. The second-order valence-electron chi connectivity index (χ2n) is 5.56. The standard InChI is InChI=1S/C18H18BrN3O5/c1-2-3-10-27-16-9-6-13(11-15(16)19)18(24)21-20-17(23)12-4-7-14(8-5-12)22(25)26/h4-9,11H,2-3,10H2,1H3,(H,20,23)(H,21,24). The molecule has 8 nitrogen and oxygen atoms in total. The van der Waals surface area contributed by atoms with Crippen molar-refractivity contribution in [2.24, 2.45) is 0 Å². The lowest BCUT2D eigenvalue weighted by molar-refractivity contribution is -0.384. The maximum Gasteiger partial charge on any atom is 0.269 e. The van der Waals surface area contributed by atoms with Gasteiger partial charge in [0.25, 0.3) is 17.5 Å². The van der Waals surface area contributed by atoms with Crippen LogP contribution < -0.4 is 15.6 Å². The van der Waals surface area contributed by atoms with E-state index in [-0.39, 0.29) is 11.3 Å². The summed E-state index contributed by atoms with van der Waals surface area (Å²) in [5, 5.41) is 10.6. The SMILES string of the molecule is CCCCOc1ccc(C(=O)NNC(=O)c2ccc([N+](=O)[O-])cc2)cc1Br. The van der Waals surface area contributed by atoms with Crippen LogP contribution in [0.1, 0.15) is 40.5 Å². The van der Waals surface area contributed by atoms with Gasteiger partial charge in [0.15, 0.2) is 0 Å². The minimum atomic E-state index is -0.586. The summed E-state index contributed by atoms with van der Waals surface area (Å²) in [5.41, 5.74) is 4.95. The number of hydrogen-bond donors (Lipinski definition) is 2. The zero-order chi connectivity index (χ0) is 19.8. The summed E-state index contributed by atoms with van der Waals surface area (Å²) >= 11 is 3.36. The number of hydrazine groups is 1. The summed E-state index contributed by atoms with van der Waals surface area (Å²) in [7, 11) is 0.